The molecular formula is C12H19FN2O. The Bertz CT molecular complexity index is 332. The first-order valence-corrected chi connectivity index (χ1v) is 5.31. The first-order chi connectivity index (χ1) is 7.60. The summed E-state index contributed by atoms with van der Waals surface area (Å²) < 4.78 is 18.8. The monoisotopic (exact) mass is 226 g/mol. The number of nitrogens with one attached hydrogen (secondary N) is 1. The minimum atomic E-state index is -0.212. The van der Waals surface area contributed by atoms with Gasteiger partial charge in [-0.2, -0.15) is 0 Å². The van der Waals surface area contributed by atoms with Gasteiger partial charge in [-0.25, -0.2) is 4.39 Å². The second-order valence-electron chi connectivity index (χ2n) is 3.98. The molecule has 0 radical (unpaired) electrons. The summed E-state index contributed by atoms with van der Waals surface area (Å²) in [6.45, 7) is 4.31. The van der Waals surface area contributed by atoms with Crippen LogP contribution in [0.2, 0.25) is 0 Å². The topological polar surface area (TPSA) is 47.3 Å². The number of hydrogen-bond donors (Lipinski definition) is 2. The summed E-state index contributed by atoms with van der Waals surface area (Å²) in [5, 5.41) is 0. The van der Waals surface area contributed by atoms with Crippen LogP contribution in [-0.4, -0.2) is 13.7 Å². The smallest absolute Gasteiger partial charge is 0.128 e. The van der Waals surface area contributed by atoms with E-state index in [0.29, 0.717) is 18.6 Å². The van der Waals surface area contributed by atoms with Crippen molar-refractivity contribution in [2.75, 3.05) is 13.7 Å². The van der Waals surface area contributed by atoms with Crippen molar-refractivity contribution in [1.82, 2.24) is 5.43 Å². The maximum Gasteiger partial charge on any atom is 0.128 e. The van der Waals surface area contributed by atoms with E-state index < -0.39 is 0 Å². The van der Waals surface area contributed by atoms with Crippen LogP contribution in [0, 0.1) is 19.7 Å². The van der Waals surface area contributed by atoms with Gasteiger partial charge < -0.3 is 4.74 Å². The molecule has 0 bridgehead atoms. The van der Waals surface area contributed by atoms with Crippen LogP contribution >= 0.6 is 0 Å². The van der Waals surface area contributed by atoms with E-state index in [1.54, 1.807) is 7.11 Å². The number of methoxy groups -OCH3 is 1. The highest BCUT2D eigenvalue weighted by atomic mass is 19.1. The van der Waals surface area contributed by atoms with E-state index in [9.17, 15) is 4.39 Å². The summed E-state index contributed by atoms with van der Waals surface area (Å²) >= 11 is 0. The largest absolute Gasteiger partial charge is 0.385 e. The highest BCUT2D eigenvalue weighted by molar-refractivity contribution is 5.34. The summed E-state index contributed by atoms with van der Waals surface area (Å²) in [7, 11) is 1.62. The Kier molecular flexibility index (Phi) is 4.86. The van der Waals surface area contributed by atoms with E-state index in [1.807, 2.05) is 19.9 Å². The quantitative estimate of drug-likeness (QED) is 0.596. The lowest BCUT2D eigenvalue weighted by molar-refractivity contribution is 0.182. The SMILES string of the molecule is COCCC(NN)c1c(C)cc(C)cc1F. The van der Waals surface area contributed by atoms with Gasteiger partial charge in [0.1, 0.15) is 5.82 Å². The van der Waals surface area contributed by atoms with E-state index >= 15 is 0 Å². The average Bonchev–Trinajstić information content (AvgIpc) is 2.21. The van der Waals surface area contributed by atoms with Gasteiger partial charge in [-0.05, 0) is 37.5 Å². The fraction of sp³-hybridized carbons (Fsp3) is 0.500. The Labute approximate surface area is 95.8 Å². The molecule has 0 saturated carbocycles. The third-order valence-corrected chi connectivity index (χ3v) is 2.64. The van der Waals surface area contributed by atoms with Gasteiger partial charge in [-0.15, -0.1) is 0 Å². The second-order valence-corrected chi connectivity index (χ2v) is 3.98. The molecule has 1 aromatic rings. The zero-order valence-corrected chi connectivity index (χ0v) is 10.0. The predicted octanol–water partition coefficient (Wildman–Crippen LogP) is 1.98. The third-order valence-electron chi connectivity index (χ3n) is 2.64. The zero-order chi connectivity index (χ0) is 12.1. The molecule has 1 atom stereocenters. The fourth-order valence-corrected chi connectivity index (χ4v) is 1.91. The van der Waals surface area contributed by atoms with Gasteiger partial charge in [-0.3, -0.25) is 11.3 Å². The van der Waals surface area contributed by atoms with Gasteiger partial charge in [0.25, 0.3) is 0 Å². The summed E-state index contributed by atoms with van der Waals surface area (Å²) in [4.78, 5) is 0. The van der Waals surface area contributed by atoms with Crippen LogP contribution in [0.4, 0.5) is 4.39 Å². The van der Waals surface area contributed by atoms with E-state index in [0.717, 1.165) is 11.1 Å². The molecule has 16 heavy (non-hydrogen) atoms. The molecule has 0 amide bonds. The molecular weight excluding hydrogens is 207 g/mol. The Balaban J connectivity index is 2.99. The molecule has 0 aliphatic heterocycles. The van der Waals surface area contributed by atoms with Crippen LogP contribution in [0.3, 0.4) is 0 Å². The molecule has 1 rings (SSSR count). The number of ether oxygens (including phenoxy) is 1. The summed E-state index contributed by atoms with van der Waals surface area (Å²) in [5.41, 5.74) is 5.10. The standard InChI is InChI=1S/C12H19FN2O/c1-8-6-9(2)12(10(13)7-8)11(15-14)4-5-16-3/h6-7,11,15H,4-5,14H2,1-3H3. The number of halogens is 1. The maximum atomic E-state index is 13.8. The minimum Gasteiger partial charge on any atom is -0.385 e. The average molecular weight is 226 g/mol. The van der Waals surface area contributed by atoms with Gasteiger partial charge >= 0.3 is 0 Å². The van der Waals surface area contributed by atoms with Crippen LogP contribution in [0.25, 0.3) is 0 Å². The summed E-state index contributed by atoms with van der Waals surface area (Å²) in [5.74, 6) is 5.24. The lowest BCUT2D eigenvalue weighted by Gasteiger charge is -2.19. The van der Waals surface area contributed by atoms with Crippen LogP contribution in [0.1, 0.15) is 29.2 Å². The number of nitrogens with two attached hydrogens (primary N) is 1. The van der Waals surface area contributed by atoms with Gasteiger partial charge in [0, 0.05) is 19.3 Å². The molecule has 0 saturated heterocycles. The molecule has 4 heteroatoms. The van der Waals surface area contributed by atoms with Gasteiger partial charge in [0.15, 0.2) is 0 Å². The molecule has 0 spiro atoms. The lowest BCUT2D eigenvalue weighted by atomic mass is 9.97. The molecule has 3 N–H and O–H groups in total. The first-order valence-electron chi connectivity index (χ1n) is 5.31. The molecule has 0 heterocycles. The molecule has 90 valence electrons. The Morgan fingerprint density at radius 1 is 1.44 bits per heavy atom. The number of aryl methyl sites for hydroxylation is 2. The van der Waals surface area contributed by atoms with Gasteiger partial charge in [-0.1, -0.05) is 6.07 Å². The van der Waals surface area contributed by atoms with E-state index in [4.69, 9.17) is 10.6 Å². The van der Waals surface area contributed by atoms with E-state index in [-0.39, 0.29) is 11.9 Å². The van der Waals surface area contributed by atoms with Crippen LogP contribution in [0.5, 0.6) is 0 Å². The number of hydrogen-bond acceptors (Lipinski definition) is 3. The lowest BCUT2D eigenvalue weighted by Crippen LogP contribution is -2.30. The van der Waals surface area contributed by atoms with Gasteiger partial charge in [0.2, 0.25) is 0 Å². The molecule has 1 aromatic carbocycles. The fourth-order valence-electron chi connectivity index (χ4n) is 1.91. The van der Waals surface area contributed by atoms with Crippen LogP contribution in [-0.2, 0) is 4.74 Å². The zero-order valence-electron chi connectivity index (χ0n) is 10.0. The Morgan fingerprint density at radius 2 is 2.12 bits per heavy atom. The van der Waals surface area contributed by atoms with Crippen molar-refractivity contribution < 1.29 is 9.13 Å². The molecule has 1 unspecified atom stereocenters. The number of hydrazine groups is 1. The molecule has 0 aliphatic carbocycles. The van der Waals surface area contributed by atoms with Gasteiger partial charge in [0.05, 0.1) is 6.04 Å². The second kappa shape index (κ2) is 5.94. The number of rotatable bonds is 5. The molecule has 0 fully saturated rings. The van der Waals surface area contributed by atoms with E-state index in [1.165, 1.54) is 6.07 Å². The van der Waals surface area contributed by atoms with Crippen molar-refractivity contribution in [3.63, 3.8) is 0 Å². The van der Waals surface area contributed by atoms with Crippen molar-refractivity contribution in [3.05, 3.63) is 34.6 Å². The van der Waals surface area contributed by atoms with Crippen molar-refractivity contribution in [1.29, 1.82) is 0 Å². The molecule has 0 aromatic heterocycles. The van der Waals surface area contributed by atoms with Crippen LogP contribution < -0.4 is 11.3 Å². The minimum absolute atomic E-state index is 0.208. The summed E-state index contributed by atoms with van der Waals surface area (Å²) in [6, 6.07) is 3.27. The molecule has 3 nitrogen and oxygen atoms in total. The summed E-state index contributed by atoms with van der Waals surface area (Å²) in [6.07, 6.45) is 0.647. The normalized spacial score (nSPS) is 12.8. The van der Waals surface area contributed by atoms with Crippen molar-refractivity contribution in [3.8, 4) is 0 Å². The Hall–Kier alpha value is -0.970. The predicted molar refractivity (Wildman–Crippen MR) is 62.4 cm³/mol. The molecule has 0 aliphatic rings. The highest BCUT2D eigenvalue weighted by Gasteiger charge is 2.17. The maximum absolute atomic E-state index is 13.8. The first kappa shape index (κ1) is 13.1. The Morgan fingerprint density at radius 3 is 2.62 bits per heavy atom. The van der Waals surface area contributed by atoms with Crippen molar-refractivity contribution in [2.45, 2.75) is 26.3 Å². The van der Waals surface area contributed by atoms with Crippen molar-refractivity contribution in [2.24, 2.45) is 5.84 Å². The number of benzene rings is 1. The third kappa shape index (κ3) is 3.01. The van der Waals surface area contributed by atoms with E-state index in [2.05, 4.69) is 5.43 Å². The van der Waals surface area contributed by atoms with Crippen molar-refractivity contribution >= 4 is 0 Å². The van der Waals surface area contributed by atoms with Crippen LogP contribution in [0.15, 0.2) is 12.1 Å². The highest BCUT2D eigenvalue weighted by Crippen LogP contribution is 2.24.